The number of carboxylic acid groups (broad SMARTS) is 1. The Labute approximate surface area is 168 Å². The fraction of sp³-hybridized carbons (Fsp3) is 0.143. The zero-order chi connectivity index (χ0) is 20.1. The molecule has 2 aromatic carbocycles. The van der Waals surface area contributed by atoms with E-state index in [2.05, 4.69) is 5.32 Å². The fourth-order valence-electron chi connectivity index (χ4n) is 3.76. The summed E-state index contributed by atoms with van der Waals surface area (Å²) in [5, 5.41) is 12.6. The molecule has 2 aliphatic rings. The Kier molecular flexibility index (Phi) is 4.02. The number of carbonyl (C=O) groups excluding carboxylic acids is 1. The number of aromatic carboxylic acids is 1. The molecule has 0 saturated carbocycles. The lowest BCUT2D eigenvalue weighted by atomic mass is 9.88. The first-order chi connectivity index (χ1) is 14.0. The largest absolute Gasteiger partial charge is 0.477 e. The summed E-state index contributed by atoms with van der Waals surface area (Å²) in [6.07, 6.45) is 0.175. The molecule has 2 aliphatic heterocycles. The number of nitrogens with one attached hydrogen (secondary N) is 1. The molecule has 0 fully saturated rings. The van der Waals surface area contributed by atoms with Gasteiger partial charge in [0, 0.05) is 22.8 Å². The quantitative estimate of drug-likeness (QED) is 0.665. The van der Waals surface area contributed by atoms with Crippen molar-refractivity contribution in [2.24, 2.45) is 0 Å². The molecular weight excluding hydrogens is 397 g/mol. The monoisotopic (exact) mass is 411 g/mol. The fourth-order valence-corrected chi connectivity index (χ4v) is 5.00. The predicted molar refractivity (Wildman–Crippen MR) is 104 cm³/mol. The molecule has 2 N–H and O–H groups in total. The topological polar surface area (TPSA) is 84.9 Å². The van der Waals surface area contributed by atoms with Crippen LogP contribution in [0.3, 0.4) is 0 Å². The van der Waals surface area contributed by atoms with Crippen LogP contribution in [-0.2, 0) is 4.79 Å². The molecule has 146 valence electrons. The predicted octanol–water partition coefficient (Wildman–Crippen LogP) is 4.46. The molecule has 1 aromatic heterocycles. The van der Waals surface area contributed by atoms with Crippen LogP contribution in [0.2, 0.25) is 0 Å². The van der Waals surface area contributed by atoms with Crippen molar-refractivity contribution in [1.29, 1.82) is 0 Å². The SMILES string of the molecule is O=C1C[C@H](c2ccc3c(c2)OCO3)c2sc(C(=O)O)c(-c3cccc(F)c3)c2N1. The zero-order valence-electron chi connectivity index (χ0n) is 14.9. The second-order valence-electron chi connectivity index (χ2n) is 6.78. The van der Waals surface area contributed by atoms with Crippen LogP contribution < -0.4 is 14.8 Å². The van der Waals surface area contributed by atoms with Crippen LogP contribution in [0.25, 0.3) is 11.1 Å². The second-order valence-corrected chi connectivity index (χ2v) is 7.83. The maximum absolute atomic E-state index is 13.8. The van der Waals surface area contributed by atoms with Gasteiger partial charge in [-0.3, -0.25) is 4.79 Å². The van der Waals surface area contributed by atoms with Gasteiger partial charge in [0.15, 0.2) is 11.5 Å². The summed E-state index contributed by atoms with van der Waals surface area (Å²) in [5.74, 6) is -0.940. The van der Waals surface area contributed by atoms with E-state index in [1.54, 1.807) is 12.1 Å². The maximum atomic E-state index is 13.8. The minimum absolute atomic E-state index is 0.0635. The van der Waals surface area contributed by atoms with Crippen LogP contribution in [0.5, 0.6) is 11.5 Å². The molecule has 1 atom stereocenters. The maximum Gasteiger partial charge on any atom is 0.346 e. The number of thiophene rings is 1. The molecule has 3 heterocycles. The first kappa shape index (κ1) is 17.7. The molecule has 0 unspecified atom stereocenters. The smallest absolute Gasteiger partial charge is 0.346 e. The van der Waals surface area contributed by atoms with E-state index < -0.39 is 11.8 Å². The third-order valence-corrected chi connectivity index (χ3v) is 6.30. The lowest BCUT2D eigenvalue weighted by molar-refractivity contribution is -0.116. The molecule has 0 spiro atoms. The van der Waals surface area contributed by atoms with Gasteiger partial charge in [0.25, 0.3) is 0 Å². The van der Waals surface area contributed by atoms with Crippen molar-refractivity contribution < 1.29 is 28.6 Å². The number of carboxylic acids is 1. The van der Waals surface area contributed by atoms with Gasteiger partial charge in [-0.2, -0.15) is 0 Å². The van der Waals surface area contributed by atoms with E-state index >= 15 is 0 Å². The summed E-state index contributed by atoms with van der Waals surface area (Å²) in [4.78, 5) is 25.2. The molecule has 0 aliphatic carbocycles. The normalized spacial score (nSPS) is 17.0. The van der Waals surface area contributed by atoms with E-state index in [4.69, 9.17) is 9.47 Å². The van der Waals surface area contributed by atoms with Gasteiger partial charge in [-0.15, -0.1) is 11.3 Å². The third kappa shape index (κ3) is 2.92. The van der Waals surface area contributed by atoms with Crippen LogP contribution in [-0.4, -0.2) is 23.8 Å². The molecule has 8 heteroatoms. The van der Waals surface area contributed by atoms with Crippen LogP contribution in [0.1, 0.15) is 32.5 Å². The highest BCUT2D eigenvalue weighted by Crippen LogP contribution is 2.50. The van der Waals surface area contributed by atoms with Gasteiger partial charge in [0.2, 0.25) is 12.7 Å². The Balaban J connectivity index is 1.70. The van der Waals surface area contributed by atoms with Gasteiger partial charge in [-0.05, 0) is 35.4 Å². The first-order valence-corrected chi connectivity index (χ1v) is 9.68. The highest BCUT2D eigenvalue weighted by Gasteiger charge is 2.35. The van der Waals surface area contributed by atoms with Crippen LogP contribution in [0.15, 0.2) is 42.5 Å². The Bertz CT molecular complexity index is 1170. The van der Waals surface area contributed by atoms with Crippen molar-refractivity contribution in [3.8, 4) is 22.6 Å². The lowest BCUT2D eigenvalue weighted by Crippen LogP contribution is -2.22. The number of fused-ring (bicyclic) bond motifs is 2. The highest BCUT2D eigenvalue weighted by molar-refractivity contribution is 7.15. The first-order valence-electron chi connectivity index (χ1n) is 8.86. The number of carbonyl (C=O) groups is 2. The van der Waals surface area contributed by atoms with Crippen LogP contribution >= 0.6 is 11.3 Å². The van der Waals surface area contributed by atoms with Gasteiger partial charge in [0.05, 0.1) is 5.69 Å². The molecule has 0 bridgehead atoms. The van der Waals surface area contributed by atoms with Gasteiger partial charge in [-0.1, -0.05) is 18.2 Å². The summed E-state index contributed by atoms with van der Waals surface area (Å²) in [6.45, 7) is 0.140. The zero-order valence-corrected chi connectivity index (χ0v) is 15.7. The minimum atomic E-state index is -1.12. The molecular formula is C21H14FNO5S. The number of rotatable bonds is 3. The van der Waals surface area contributed by atoms with E-state index in [1.165, 1.54) is 18.2 Å². The number of hydrogen-bond donors (Lipinski definition) is 2. The third-order valence-electron chi connectivity index (χ3n) is 5.01. The lowest BCUT2D eigenvalue weighted by Gasteiger charge is -2.24. The Hall–Kier alpha value is -3.39. The van der Waals surface area contributed by atoms with Crippen LogP contribution in [0, 0.1) is 5.82 Å². The van der Waals surface area contributed by atoms with E-state index in [9.17, 15) is 19.1 Å². The average molecular weight is 411 g/mol. The van der Waals surface area contributed by atoms with Crippen molar-refractivity contribution in [3.05, 3.63) is 63.6 Å². The van der Waals surface area contributed by atoms with E-state index in [1.807, 2.05) is 12.1 Å². The van der Waals surface area contributed by atoms with Crippen LogP contribution in [0.4, 0.5) is 10.1 Å². The van der Waals surface area contributed by atoms with Gasteiger partial charge < -0.3 is 19.9 Å². The standard InChI is InChI=1S/C21H14FNO5S/c22-12-3-1-2-11(6-12)17-18-19(29-20(17)21(25)26)13(8-16(24)23-18)10-4-5-14-15(7-10)28-9-27-14/h1-7,13H,8-9H2,(H,23,24)(H,25,26)/t13-/m1/s1. The van der Waals surface area contributed by atoms with Gasteiger partial charge >= 0.3 is 5.97 Å². The number of amides is 1. The molecule has 29 heavy (non-hydrogen) atoms. The van der Waals surface area contributed by atoms with Crippen molar-refractivity contribution in [2.45, 2.75) is 12.3 Å². The summed E-state index contributed by atoms with van der Waals surface area (Å²) in [6, 6.07) is 11.2. The summed E-state index contributed by atoms with van der Waals surface area (Å²) < 4.78 is 24.6. The second kappa shape index (κ2) is 6.59. The number of hydrogen-bond acceptors (Lipinski definition) is 5. The molecule has 6 nitrogen and oxygen atoms in total. The number of ether oxygens (including phenoxy) is 2. The molecule has 1 amide bonds. The van der Waals surface area contributed by atoms with Crippen molar-refractivity contribution in [1.82, 2.24) is 0 Å². The number of benzene rings is 2. The Morgan fingerprint density at radius 2 is 2.00 bits per heavy atom. The van der Waals surface area contributed by atoms with Crippen molar-refractivity contribution in [2.75, 3.05) is 12.1 Å². The summed E-state index contributed by atoms with van der Waals surface area (Å²) >= 11 is 1.10. The Morgan fingerprint density at radius 3 is 2.79 bits per heavy atom. The molecule has 3 aromatic rings. The number of anilines is 1. The van der Waals surface area contributed by atoms with E-state index in [0.717, 1.165) is 21.8 Å². The van der Waals surface area contributed by atoms with E-state index in [-0.39, 0.29) is 29.9 Å². The molecule has 5 rings (SSSR count). The summed E-state index contributed by atoms with van der Waals surface area (Å²) in [5.41, 5.74) is 1.99. The minimum Gasteiger partial charge on any atom is -0.477 e. The van der Waals surface area contributed by atoms with Crippen molar-refractivity contribution in [3.63, 3.8) is 0 Å². The van der Waals surface area contributed by atoms with Gasteiger partial charge in [0.1, 0.15) is 10.7 Å². The number of halogens is 1. The highest BCUT2D eigenvalue weighted by atomic mass is 32.1. The molecule has 0 radical (unpaired) electrons. The average Bonchev–Trinajstić information content (AvgIpc) is 3.31. The Morgan fingerprint density at radius 1 is 1.17 bits per heavy atom. The molecule has 0 saturated heterocycles. The van der Waals surface area contributed by atoms with Crippen molar-refractivity contribution >= 4 is 28.9 Å². The van der Waals surface area contributed by atoms with Gasteiger partial charge in [-0.25, -0.2) is 9.18 Å². The summed E-state index contributed by atoms with van der Waals surface area (Å²) in [7, 11) is 0. The van der Waals surface area contributed by atoms with E-state index in [0.29, 0.717) is 28.3 Å².